The maximum atomic E-state index is 15.3. The van der Waals surface area contributed by atoms with Crippen molar-refractivity contribution < 1.29 is 31.4 Å². The highest BCUT2D eigenvalue weighted by Gasteiger charge is 2.44. The monoisotopic (exact) mass is 516 g/mol. The number of alkyl halides is 4. The molecule has 0 aromatic heterocycles. The van der Waals surface area contributed by atoms with Crippen molar-refractivity contribution in [3.8, 4) is 5.75 Å². The van der Waals surface area contributed by atoms with Gasteiger partial charge in [0.05, 0.1) is 6.10 Å². The lowest BCUT2D eigenvalue weighted by atomic mass is 9.68. The minimum Gasteiger partial charge on any atom is -0.432 e. The van der Waals surface area contributed by atoms with Crippen molar-refractivity contribution in [2.24, 2.45) is 23.7 Å². The largest absolute Gasteiger partial charge is 0.432 e. The fraction of sp³-hybridized carbons (Fsp3) is 0.793. The summed E-state index contributed by atoms with van der Waals surface area (Å²) in [6, 6.07) is 4.10. The molecule has 1 aromatic carbocycles. The van der Waals surface area contributed by atoms with Crippen molar-refractivity contribution in [2.45, 2.75) is 115 Å². The van der Waals surface area contributed by atoms with Gasteiger partial charge in [0.15, 0.2) is 11.6 Å². The molecule has 204 valence electrons. The van der Waals surface area contributed by atoms with E-state index in [1.807, 2.05) is 6.92 Å². The van der Waals surface area contributed by atoms with Crippen molar-refractivity contribution in [3.05, 3.63) is 29.6 Å². The Morgan fingerprint density at radius 1 is 0.861 bits per heavy atom. The highest BCUT2D eigenvalue weighted by atomic mass is 19.3. The Labute approximate surface area is 212 Å². The SMILES string of the molecule is CCOC1CCC(C2CCC(C(F)(F)CC3CCC(c4ccc(OC(F)F)c(F)c4)CC3)CC2)CC1. The molecule has 0 unspecified atom stereocenters. The molecule has 2 nitrogen and oxygen atoms in total. The highest BCUT2D eigenvalue weighted by molar-refractivity contribution is 5.31. The maximum absolute atomic E-state index is 15.3. The zero-order chi connectivity index (χ0) is 25.7. The summed E-state index contributed by atoms with van der Waals surface area (Å²) < 4.78 is 79.3. The number of rotatable bonds is 9. The fourth-order valence-corrected chi connectivity index (χ4v) is 7.19. The zero-order valence-electron chi connectivity index (χ0n) is 21.4. The van der Waals surface area contributed by atoms with Gasteiger partial charge in [0.2, 0.25) is 0 Å². The molecule has 3 aliphatic carbocycles. The predicted molar refractivity (Wildman–Crippen MR) is 130 cm³/mol. The van der Waals surface area contributed by atoms with Crippen LogP contribution in [0.4, 0.5) is 22.0 Å². The molecule has 0 aliphatic heterocycles. The molecule has 0 spiro atoms. The molecule has 7 heteroatoms. The number of hydrogen-bond acceptors (Lipinski definition) is 2. The summed E-state index contributed by atoms with van der Waals surface area (Å²) in [4.78, 5) is 0. The summed E-state index contributed by atoms with van der Waals surface area (Å²) in [5.41, 5.74) is 0.730. The summed E-state index contributed by atoms with van der Waals surface area (Å²) in [7, 11) is 0. The van der Waals surface area contributed by atoms with Gasteiger partial charge in [-0.3, -0.25) is 0 Å². The molecule has 0 N–H and O–H groups in total. The molecule has 1 aromatic rings. The third-order valence-corrected chi connectivity index (χ3v) is 9.21. The van der Waals surface area contributed by atoms with Gasteiger partial charge in [-0.25, -0.2) is 13.2 Å². The Hall–Kier alpha value is -1.37. The first-order chi connectivity index (χ1) is 17.2. The molecule has 0 amide bonds. The van der Waals surface area contributed by atoms with Crippen LogP contribution in [0.15, 0.2) is 18.2 Å². The number of halogens is 5. The highest BCUT2D eigenvalue weighted by Crippen LogP contribution is 2.48. The topological polar surface area (TPSA) is 18.5 Å². The first-order valence-corrected chi connectivity index (χ1v) is 14.0. The fourth-order valence-electron chi connectivity index (χ4n) is 7.19. The Balaban J connectivity index is 1.21. The van der Waals surface area contributed by atoms with E-state index in [-0.39, 0.29) is 18.3 Å². The molecule has 0 bridgehead atoms. The summed E-state index contributed by atoms with van der Waals surface area (Å²) >= 11 is 0. The molecule has 0 saturated heterocycles. The second-order valence-corrected chi connectivity index (χ2v) is 11.4. The Morgan fingerprint density at radius 3 is 2.03 bits per heavy atom. The maximum Gasteiger partial charge on any atom is 0.387 e. The average molecular weight is 517 g/mol. The zero-order valence-corrected chi connectivity index (χ0v) is 21.4. The van der Waals surface area contributed by atoms with Crippen LogP contribution in [0.25, 0.3) is 0 Å². The van der Waals surface area contributed by atoms with Gasteiger partial charge in [-0.1, -0.05) is 6.07 Å². The van der Waals surface area contributed by atoms with E-state index in [4.69, 9.17) is 4.74 Å². The van der Waals surface area contributed by atoms with Crippen LogP contribution < -0.4 is 4.74 Å². The molecule has 3 aliphatic rings. The summed E-state index contributed by atoms with van der Waals surface area (Å²) in [5.74, 6) is -3.10. The van der Waals surface area contributed by atoms with Crippen molar-refractivity contribution >= 4 is 0 Å². The van der Waals surface area contributed by atoms with E-state index in [1.165, 1.54) is 25.0 Å². The van der Waals surface area contributed by atoms with Gasteiger partial charge in [0.1, 0.15) is 0 Å². The number of ether oxygens (including phenoxy) is 2. The van der Waals surface area contributed by atoms with Gasteiger partial charge < -0.3 is 9.47 Å². The summed E-state index contributed by atoms with van der Waals surface area (Å²) in [6.45, 7) is -0.268. The van der Waals surface area contributed by atoms with Crippen molar-refractivity contribution in [3.63, 3.8) is 0 Å². The van der Waals surface area contributed by atoms with E-state index in [2.05, 4.69) is 4.74 Å². The Kier molecular flexibility index (Phi) is 9.56. The van der Waals surface area contributed by atoms with Gasteiger partial charge in [-0.15, -0.1) is 0 Å². The second kappa shape index (κ2) is 12.4. The van der Waals surface area contributed by atoms with Gasteiger partial charge >= 0.3 is 6.61 Å². The minimum absolute atomic E-state index is 0.0193. The second-order valence-electron chi connectivity index (χ2n) is 11.4. The van der Waals surface area contributed by atoms with Crippen molar-refractivity contribution in [2.75, 3.05) is 6.61 Å². The van der Waals surface area contributed by atoms with Gasteiger partial charge in [0, 0.05) is 18.9 Å². The van der Waals surface area contributed by atoms with Crippen LogP contribution in [0.5, 0.6) is 5.75 Å². The average Bonchev–Trinajstić information content (AvgIpc) is 2.86. The molecule has 0 atom stereocenters. The van der Waals surface area contributed by atoms with Crippen LogP contribution in [-0.2, 0) is 4.74 Å². The van der Waals surface area contributed by atoms with E-state index in [9.17, 15) is 13.2 Å². The smallest absolute Gasteiger partial charge is 0.387 e. The molecule has 3 fully saturated rings. The lowest BCUT2D eigenvalue weighted by Crippen LogP contribution is -2.36. The first-order valence-electron chi connectivity index (χ1n) is 14.0. The van der Waals surface area contributed by atoms with Gasteiger partial charge in [-0.2, -0.15) is 8.78 Å². The van der Waals surface area contributed by atoms with E-state index in [0.29, 0.717) is 56.5 Å². The Bertz CT molecular complexity index is 808. The lowest BCUT2D eigenvalue weighted by Gasteiger charge is -2.40. The Morgan fingerprint density at radius 2 is 1.47 bits per heavy atom. The predicted octanol–water partition coefficient (Wildman–Crippen LogP) is 9.13. The van der Waals surface area contributed by atoms with E-state index >= 15 is 8.78 Å². The summed E-state index contributed by atoms with van der Waals surface area (Å²) in [6.07, 6.45) is 10.8. The molecular weight excluding hydrogens is 475 g/mol. The first kappa shape index (κ1) is 27.7. The van der Waals surface area contributed by atoms with E-state index < -0.39 is 30.0 Å². The van der Waals surface area contributed by atoms with Crippen molar-refractivity contribution in [1.82, 2.24) is 0 Å². The third kappa shape index (κ3) is 7.14. The van der Waals surface area contributed by atoms with Crippen molar-refractivity contribution in [1.29, 1.82) is 0 Å². The molecule has 36 heavy (non-hydrogen) atoms. The molecular formula is C29H41F5O2. The third-order valence-electron chi connectivity index (χ3n) is 9.21. The van der Waals surface area contributed by atoms with Crippen LogP contribution in [0.1, 0.15) is 102 Å². The minimum atomic E-state index is -3.07. The van der Waals surface area contributed by atoms with Gasteiger partial charge in [0.25, 0.3) is 5.92 Å². The molecule has 4 rings (SSSR count). The van der Waals surface area contributed by atoms with Crippen LogP contribution in [0.3, 0.4) is 0 Å². The molecule has 0 radical (unpaired) electrons. The lowest BCUT2D eigenvalue weighted by molar-refractivity contribution is -0.0985. The quantitative estimate of drug-likeness (QED) is 0.305. The van der Waals surface area contributed by atoms with Gasteiger partial charge in [-0.05, 0) is 125 Å². The van der Waals surface area contributed by atoms with Crippen LogP contribution in [0, 0.1) is 29.5 Å². The standard InChI is InChI=1S/C29H41F5O2/c1-2-35-25-14-9-21(10-15-25)20-7-12-24(13-8-20)29(33,34)18-19-3-5-22(6-4-19)23-11-16-27(26(30)17-23)36-28(31)32/h11,16-17,19-22,24-25,28H,2-10,12-15,18H2,1H3. The van der Waals surface area contributed by atoms with Crippen LogP contribution >= 0.6 is 0 Å². The van der Waals surface area contributed by atoms with E-state index in [0.717, 1.165) is 37.9 Å². The van der Waals surface area contributed by atoms with E-state index in [1.54, 1.807) is 6.07 Å². The molecule has 0 heterocycles. The summed E-state index contributed by atoms with van der Waals surface area (Å²) in [5, 5.41) is 0. The number of hydrogen-bond donors (Lipinski definition) is 0. The number of benzene rings is 1. The van der Waals surface area contributed by atoms with Crippen LogP contribution in [-0.4, -0.2) is 25.2 Å². The van der Waals surface area contributed by atoms with Crippen LogP contribution in [0.2, 0.25) is 0 Å². The normalized spacial score (nSPS) is 32.0. The molecule has 3 saturated carbocycles.